The van der Waals surface area contributed by atoms with Gasteiger partial charge in [0.25, 0.3) is 5.82 Å². The van der Waals surface area contributed by atoms with Crippen LogP contribution in [-0.2, 0) is 23.8 Å². The average Bonchev–Trinajstić information content (AvgIpc) is 3.59. The van der Waals surface area contributed by atoms with Crippen LogP contribution in [0.5, 0.6) is 5.88 Å². The van der Waals surface area contributed by atoms with Crippen LogP contribution in [-0.4, -0.2) is 80.6 Å². The molecule has 1 unspecified atom stereocenters. The Balaban J connectivity index is 1.33. The van der Waals surface area contributed by atoms with Gasteiger partial charge >= 0.3 is 12.3 Å². The van der Waals surface area contributed by atoms with Crippen LogP contribution in [0.2, 0.25) is 0 Å². The third-order valence-electron chi connectivity index (χ3n) is 7.83. The third-order valence-corrected chi connectivity index (χ3v) is 8.45. The van der Waals surface area contributed by atoms with Gasteiger partial charge in [0, 0.05) is 28.4 Å². The maximum absolute atomic E-state index is 13.8. The van der Waals surface area contributed by atoms with Crippen LogP contribution in [0, 0.1) is 3.57 Å². The van der Waals surface area contributed by atoms with Crippen molar-refractivity contribution in [3.8, 4) is 11.7 Å². The smallest absolute Gasteiger partial charge is 0.453 e. The molecule has 1 aliphatic carbocycles. The molecule has 1 amide bonds. The zero-order valence-corrected chi connectivity index (χ0v) is 28.1. The molecule has 1 fully saturated rings. The lowest BCUT2D eigenvalue weighted by molar-refractivity contribution is -0.144. The second kappa shape index (κ2) is 13.7. The van der Waals surface area contributed by atoms with E-state index in [2.05, 4.69) is 31.3 Å². The maximum Gasteiger partial charge on any atom is 0.453 e. The minimum absolute atomic E-state index is 0.0896. The van der Waals surface area contributed by atoms with Gasteiger partial charge in [-0.15, -0.1) is 5.10 Å². The fraction of sp³-hybridized carbons (Fsp3) is 0.548. The summed E-state index contributed by atoms with van der Waals surface area (Å²) in [6.07, 6.45) is 1.33. The lowest BCUT2D eigenvalue weighted by Gasteiger charge is -2.25. The Morgan fingerprint density at radius 1 is 1.07 bits per heavy atom. The van der Waals surface area contributed by atoms with Crippen molar-refractivity contribution in [2.24, 2.45) is 0 Å². The minimum atomic E-state index is -4.76. The zero-order valence-electron chi connectivity index (χ0n) is 26.0. The van der Waals surface area contributed by atoms with Gasteiger partial charge in [-0.3, -0.25) is 0 Å². The van der Waals surface area contributed by atoms with Crippen LogP contribution in [0.4, 0.5) is 29.6 Å². The number of hydrogen-bond donors (Lipinski definition) is 1. The number of amides is 1. The van der Waals surface area contributed by atoms with E-state index < -0.39 is 23.7 Å². The topological polar surface area (TPSA) is 97.6 Å². The van der Waals surface area contributed by atoms with Crippen LogP contribution < -0.4 is 10.1 Å². The number of hydrogen-bond acceptors (Lipinski definition) is 8. The number of halogens is 4. The van der Waals surface area contributed by atoms with E-state index >= 15 is 0 Å². The molecular weight excluding hydrogens is 702 g/mol. The molecule has 0 saturated carbocycles. The molecule has 3 heterocycles. The van der Waals surface area contributed by atoms with Crippen molar-refractivity contribution in [3.05, 3.63) is 50.9 Å². The first-order valence-corrected chi connectivity index (χ1v) is 16.2. The highest BCUT2D eigenvalue weighted by molar-refractivity contribution is 14.1. The lowest BCUT2D eigenvalue weighted by atomic mass is 10.0. The van der Waals surface area contributed by atoms with E-state index in [1.165, 1.54) is 28.9 Å². The standard InChI is InChI=1S/C31H39F3IN7O3/c1-30(2,3)45-29(43)40(4)15-16-44-26-19-22(35)18-25(37-26)42-28(38-27(39-42)31(32,33)34)36-23-10-7-20-8-11-24(12-9-21(20)17-23)41-13-5-6-14-41/h7,10,17-19,24H,5-6,8-9,11-16H2,1-4H3,(H,36,38,39). The van der Waals surface area contributed by atoms with E-state index in [-0.39, 0.29) is 30.8 Å². The zero-order chi connectivity index (χ0) is 32.4. The van der Waals surface area contributed by atoms with E-state index in [0.29, 0.717) is 15.3 Å². The van der Waals surface area contributed by atoms with E-state index in [4.69, 9.17) is 9.47 Å². The predicted octanol–water partition coefficient (Wildman–Crippen LogP) is 6.62. The van der Waals surface area contributed by atoms with E-state index in [1.54, 1.807) is 40.0 Å². The number of alkyl halides is 3. The molecule has 10 nitrogen and oxygen atoms in total. The Bertz CT molecular complexity index is 1500. The second-order valence-corrected chi connectivity index (χ2v) is 13.7. The lowest BCUT2D eigenvalue weighted by Crippen LogP contribution is -2.36. The first-order valence-electron chi connectivity index (χ1n) is 15.2. The number of fused-ring (bicyclic) bond motifs is 1. The van der Waals surface area contributed by atoms with Gasteiger partial charge in [0.05, 0.1) is 6.54 Å². The van der Waals surface area contributed by atoms with Crippen molar-refractivity contribution in [1.82, 2.24) is 29.5 Å². The molecule has 2 aliphatic rings. The molecule has 45 heavy (non-hydrogen) atoms. The van der Waals surface area contributed by atoms with Gasteiger partial charge in [-0.1, -0.05) is 6.07 Å². The number of likely N-dealkylation sites (tertiary alicyclic amines) is 1. The maximum atomic E-state index is 13.8. The van der Waals surface area contributed by atoms with Crippen molar-refractivity contribution in [2.75, 3.05) is 38.6 Å². The summed E-state index contributed by atoms with van der Waals surface area (Å²) in [7, 11) is 1.59. The largest absolute Gasteiger partial charge is 0.476 e. The number of nitrogens with one attached hydrogen (secondary N) is 1. The Labute approximate surface area is 274 Å². The molecule has 0 bridgehead atoms. The van der Waals surface area contributed by atoms with Crippen molar-refractivity contribution in [2.45, 2.75) is 77.1 Å². The number of anilines is 2. The van der Waals surface area contributed by atoms with Crippen molar-refractivity contribution >= 4 is 40.3 Å². The van der Waals surface area contributed by atoms with E-state index in [0.717, 1.165) is 43.5 Å². The van der Waals surface area contributed by atoms with Crippen LogP contribution in [0.3, 0.4) is 0 Å². The van der Waals surface area contributed by atoms with Crippen LogP contribution in [0.15, 0.2) is 30.3 Å². The first kappa shape index (κ1) is 33.2. The molecule has 1 aromatic carbocycles. The molecule has 5 rings (SSSR count). The van der Waals surface area contributed by atoms with Crippen LogP contribution >= 0.6 is 22.6 Å². The molecular formula is C31H39F3IN7O3. The SMILES string of the molecule is CN(CCOc1cc(I)cc(-n2nc(C(F)(F)F)nc2Nc2ccc3c(c2)CCC(N2CCCC2)CC3)n1)C(=O)OC(C)(C)C. The highest BCUT2D eigenvalue weighted by Gasteiger charge is 2.38. The predicted molar refractivity (Wildman–Crippen MR) is 172 cm³/mol. The number of rotatable bonds is 8. The monoisotopic (exact) mass is 741 g/mol. The molecule has 14 heteroatoms. The second-order valence-electron chi connectivity index (χ2n) is 12.5. The van der Waals surface area contributed by atoms with Crippen molar-refractivity contribution in [3.63, 3.8) is 0 Å². The first-order chi connectivity index (χ1) is 21.2. The molecule has 2 aromatic heterocycles. The average molecular weight is 742 g/mol. The highest BCUT2D eigenvalue weighted by atomic mass is 127. The van der Waals surface area contributed by atoms with Gasteiger partial charge in [-0.25, -0.2) is 4.79 Å². The van der Waals surface area contributed by atoms with E-state index in [1.807, 2.05) is 34.7 Å². The Hall–Kier alpha value is -3.14. The minimum Gasteiger partial charge on any atom is -0.476 e. The number of ether oxygens (including phenoxy) is 2. The summed E-state index contributed by atoms with van der Waals surface area (Å²) in [4.78, 5) is 24.4. The molecule has 0 radical (unpaired) electrons. The Kier molecular flexibility index (Phi) is 10.1. The summed E-state index contributed by atoms with van der Waals surface area (Å²) in [5.41, 5.74) is 2.47. The molecule has 3 aromatic rings. The van der Waals surface area contributed by atoms with Crippen molar-refractivity contribution < 1.29 is 27.4 Å². The molecule has 1 atom stereocenters. The van der Waals surface area contributed by atoms with Crippen LogP contribution in [0.1, 0.15) is 63.4 Å². The number of nitrogens with zero attached hydrogens (tertiary/aromatic N) is 6. The normalized spacial score (nSPS) is 17.5. The van der Waals surface area contributed by atoms with Gasteiger partial charge in [0.2, 0.25) is 11.8 Å². The number of pyridine rings is 1. The Morgan fingerprint density at radius 2 is 1.78 bits per heavy atom. The van der Waals surface area contributed by atoms with Gasteiger partial charge in [0.1, 0.15) is 12.2 Å². The number of carbonyl (C=O) groups is 1. The molecule has 244 valence electrons. The molecule has 1 saturated heterocycles. The van der Waals surface area contributed by atoms with E-state index in [9.17, 15) is 18.0 Å². The quantitative estimate of drug-likeness (QED) is 0.204. The molecule has 1 N–H and O–H groups in total. The fourth-order valence-electron chi connectivity index (χ4n) is 5.60. The van der Waals surface area contributed by atoms with Crippen molar-refractivity contribution in [1.29, 1.82) is 0 Å². The number of benzene rings is 1. The molecule has 0 spiro atoms. The number of carbonyl (C=O) groups excluding carboxylic acids is 1. The fourth-order valence-corrected chi connectivity index (χ4v) is 6.15. The van der Waals surface area contributed by atoms with Gasteiger partial charge in [-0.05, 0) is 124 Å². The third kappa shape index (κ3) is 8.77. The summed E-state index contributed by atoms with van der Waals surface area (Å²) in [5.74, 6) is -1.13. The summed E-state index contributed by atoms with van der Waals surface area (Å²) in [6.45, 7) is 7.96. The number of aryl methyl sites for hydroxylation is 2. The van der Waals surface area contributed by atoms with Crippen LogP contribution in [0.25, 0.3) is 5.82 Å². The van der Waals surface area contributed by atoms with Gasteiger partial charge < -0.3 is 24.6 Å². The molecule has 1 aliphatic heterocycles. The summed E-state index contributed by atoms with van der Waals surface area (Å²) in [6, 6.07) is 9.74. The number of aromatic nitrogens is 4. The summed E-state index contributed by atoms with van der Waals surface area (Å²) < 4.78 is 54.2. The highest BCUT2D eigenvalue weighted by Crippen LogP contribution is 2.32. The van der Waals surface area contributed by atoms with Gasteiger partial charge in [-0.2, -0.15) is 27.8 Å². The Morgan fingerprint density at radius 3 is 2.47 bits per heavy atom. The number of likely N-dealkylation sites (N-methyl/N-ethyl adjacent to an activating group) is 1. The summed E-state index contributed by atoms with van der Waals surface area (Å²) >= 11 is 2.04. The van der Waals surface area contributed by atoms with Gasteiger partial charge in [0.15, 0.2) is 5.82 Å². The summed E-state index contributed by atoms with van der Waals surface area (Å²) in [5, 5.41) is 6.84.